The Hall–Kier alpha value is -3.74. The zero-order valence-electron chi connectivity index (χ0n) is 13.9. The van der Waals surface area contributed by atoms with E-state index >= 15 is 0 Å². The highest BCUT2D eigenvalue weighted by Gasteiger charge is 2.07. The third-order valence-corrected chi connectivity index (χ3v) is 3.97. The number of rotatable bonds is 5. The molecule has 4 aromatic rings. The molecule has 128 valence electrons. The second-order valence-electron chi connectivity index (χ2n) is 5.81. The van der Waals surface area contributed by atoms with Crippen molar-refractivity contribution in [2.24, 2.45) is 0 Å². The summed E-state index contributed by atoms with van der Waals surface area (Å²) in [4.78, 5) is 12.5. The number of anilines is 1. The lowest BCUT2D eigenvalue weighted by Gasteiger charge is -2.08. The Labute approximate surface area is 149 Å². The molecule has 0 aliphatic carbocycles. The van der Waals surface area contributed by atoms with Crippen molar-refractivity contribution in [3.8, 4) is 5.69 Å². The Balaban J connectivity index is 1.45. The van der Waals surface area contributed by atoms with Crippen molar-refractivity contribution in [1.82, 2.24) is 24.8 Å². The molecule has 2 heterocycles. The summed E-state index contributed by atoms with van der Waals surface area (Å²) in [6.45, 7) is 0.781. The fourth-order valence-corrected chi connectivity index (χ4v) is 2.66. The molecule has 1 amide bonds. The lowest BCUT2D eigenvalue weighted by Crippen LogP contribution is -2.12. The summed E-state index contributed by atoms with van der Waals surface area (Å²) in [6, 6.07) is 18.9. The van der Waals surface area contributed by atoms with Crippen LogP contribution < -0.4 is 5.32 Å². The fourth-order valence-electron chi connectivity index (χ4n) is 2.66. The van der Waals surface area contributed by atoms with Gasteiger partial charge in [0.2, 0.25) is 0 Å². The first-order valence-corrected chi connectivity index (χ1v) is 8.12. The van der Waals surface area contributed by atoms with E-state index in [2.05, 4.69) is 25.4 Å². The molecule has 0 saturated carbocycles. The molecule has 26 heavy (non-hydrogen) atoms. The second-order valence-corrected chi connectivity index (χ2v) is 5.81. The van der Waals surface area contributed by atoms with Gasteiger partial charge in [0.1, 0.15) is 6.33 Å². The van der Waals surface area contributed by atoms with Crippen molar-refractivity contribution in [3.05, 3.63) is 90.5 Å². The molecular weight excluding hydrogens is 328 g/mol. The van der Waals surface area contributed by atoms with Crippen molar-refractivity contribution in [3.63, 3.8) is 0 Å². The molecule has 0 atom stereocenters. The molecule has 7 nitrogen and oxygen atoms in total. The summed E-state index contributed by atoms with van der Waals surface area (Å²) in [5, 5.41) is 14.0. The van der Waals surface area contributed by atoms with Gasteiger partial charge in [-0.05, 0) is 58.5 Å². The quantitative estimate of drug-likeness (QED) is 0.604. The van der Waals surface area contributed by atoms with Gasteiger partial charge in [-0.15, -0.1) is 5.10 Å². The highest BCUT2D eigenvalue weighted by molar-refractivity contribution is 6.04. The van der Waals surface area contributed by atoms with E-state index in [1.807, 2.05) is 73.1 Å². The van der Waals surface area contributed by atoms with Crippen molar-refractivity contribution < 1.29 is 4.79 Å². The molecule has 4 rings (SSSR count). The summed E-state index contributed by atoms with van der Waals surface area (Å²) in [5.41, 5.74) is 3.20. The predicted octanol–water partition coefficient (Wildman–Crippen LogP) is 2.76. The second kappa shape index (κ2) is 7.02. The first-order chi connectivity index (χ1) is 12.8. The lowest BCUT2D eigenvalue weighted by molar-refractivity contribution is 0.102. The normalized spacial score (nSPS) is 10.6. The maximum atomic E-state index is 12.5. The van der Waals surface area contributed by atoms with Crippen LogP contribution >= 0.6 is 0 Å². The minimum atomic E-state index is -0.161. The number of amides is 1. The average molecular weight is 344 g/mol. The van der Waals surface area contributed by atoms with Crippen molar-refractivity contribution in [2.45, 2.75) is 6.54 Å². The van der Waals surface area contributed by atoms with Crippen molar-refractivity contribution in [2.75, 3.05) is 5.32 Å². The van der Waals surface area contributed by atoms with Crippen LogP contribution in [-0.2, 0) is 6.54 Å². The molecule has 0 aliphatic heterocycles. The van der Waals surface area contributed by atoms with E-state index in [9.17, 15) is 4.79 Å². The summed E-state index contributed by atoms with van der Waals surface area (Å²) < 4.78 is 3.62. The molecule has 0 bridgehead atoms. The molecule has 1 N–H and O–H groups in total. The van der Waals surface area contributed by atoms with Gasteiger partial charge in [0.05, 0.1) is 5.69 Å². The minimum absolute atomic E-state index is 0.161. The number of hydrogen-bond acceptors (Lipinski definition) is 4. The smallest absolute Gasteiger partial charge is 0.255 e. The maximum absolute atomic E-state index is 12.5. The number of carbonyl (C=O) groups excluding carboxylic acids is 1. The molecule has 0 unspecified atom stereocenters. The number of benzene rings is 2. The van der Waals surface area contributed by atoms with E-state index in [1.165, 1.54) is 11.0 Å². The van der Waals surface area contributed by atoms with Crippen LogP contribution in [0.15, 0.2) is 79.4 Å². The largest absolute Gasteiger partial charge is 0.350 e. The Morgan fingerprint density at radius 3 is 2.54 bits per heavy atom. The van der Waals surface area contributed by atoms with E-state index in [-0.39, 0.29) is 5.91 Å². The Morgan fingerprint density at radius 2 is 1.81 bits per heavy atom. The standard InChI is InChI=1S/C19H16N6O/c26-19(16-8-6-15(7-9-16)13-24-10-1-2-11-24)21-17-4-3-5-18(12-17)25-14-20-22-23-25/h1-12,14H,13H2,(H,21,26). The molecule has 2 aromatic carbocycles. The van der Waals surface area contributed by atoms with Gasteiger partial charge in [0.15, 0.2) is 0 Å². The van der Waals surface area contributed by atoms with Crippen LogP contribution in [-0.4, -0.2) is 30.7 Å². The minimum Gasteiger partial charge on any atom is -0.350 e. The van der Waals surface area contributed by atoms with E-state index in [0.29, 0.717) is 11.3 Å². The molecule has 7 heteroatoms. The van der Waals surface area contributed by atoms with Gasteiger partial charge in [0.25, 0.3) is 5.91 Å². The zero-order valence-corrected chi connectivity index (χ0v) is 13.9. The van der Waals surface area contributed by atoms with Gasteiger partial charge in [-0.1, -0.05) is 18.2 Å². The topological polar surface area (TPSA) is 77.6 Å². The van der Waals surface area contributed by atoms with E-state index in [1.54, 1.807) is 0 Å². The van der Waals surface area contributed by atoms with Gasteiger partial charge in [-0.25, -0.2) is 4.68 Å². The third-order valence-electron chi connectivity index (χ3n) is 3.97. The SMILES string of the molecule is O=C(Nc1cccc(-n2cnnn2)c1)c1ccc(Cn2cccc2)cc1. The Morgan fingerprint density at radius 1 is 1.00 bits per heavy atom. The number of nitrogens with zero attached hydrogens (tertiary/aromatic N) is 5. The fraction of sp³-hybridized carbons (Fsp3) is 0.0526. The molecular formula is C19H16N6O. The van der Waals surface area contributed by atoms with E-state index in [0.717, 1.165) is 17.8 Å². The van der Waals surface area contributed by atoms with Gasteiger partial charge in [-0.3, -0.25) is 4.79 Å². The van der Waals surface area contributed by atoms with Crippen molar-refractivity contribution in [1.29, 1.82) is 0 Å². The van der Waals surface area contributed by atoms with Crippen LogP contribution in [0, 0.1) is 0 Å². The van der Waals surface area contributed by atoms with Crippen LogP contribution in [0.2, 0.25) is 0 Å². The average Bonchev–Trinajstić information content (AvgIpc) is 3.37. The molecule has 0 aliphatic rings. The highest BCUT2D eigenvalue weighted by atomic mass is 16.1. The van der Waals surface area contributed by atoms with Crippen molar-refractivity contribution >= 4 is 11.6 Å². The Bertz CT molecular complexity index is 991. The van der Waals surface area contributed by atoms with E-state index in [4.69, 9.17) is 0 Å². The van der Waals surface area contributed by atoms with Crippen LogP contribution in [0.5, 0.6) is 0 Å². The van der Waals surface area contributed by atoms with Crippen LogP contribution in [0.4, 0.5) is 5.69 Å². The molecule has 2 aromatic heterocycles. The van der Waals surface area contributed by atoms with Crippen LogP contribution in [0.1, 0.15) is 15.9 Å². The zero-order chi connectivity index (χ0) is 17.8. The number of nitrogens with one attached hydrogen (secondary N) is 1. The summed E-state index contributed by atoms with van der Waals surface area (Å²) in [7, 11) is 0. The lowest BCUT2D eigenvalue weighted by atomic mass is 10.1. The summed E-state index contributed by atoms with van der Waals surface area (Å²) in [6.07, 6.45) is 5.53. The number of aromatic nitrogens is 5. The molecule has 0 saturated heterocycles. The first kappa shape index (κ1) is 15.8. The van der Waals surface area contributed by atoms with Gasteiger partial charge in [-0.2, -0.15) is 0 Å². The summed E-state index contributed by atoms with van der Waals surface area (Å²) in [5.74, 6) is -0.161. The van der Waals surface area contributed by atoms with Gasteiger partial charge in [0, 0.05) is 30.2 Å². The predicted molar refractivity (Wildman–Crippen MR) is 97.1 cm³/mol. The van der Waals surface area contributed by atoms with Gasteiger partial charge < -0.3 is 9.88 Å². The highest BCUT2D eigenvalue weighted by Crippen LogP contribution is 2.15. The van der Waals surface area contributed by atoms with E-state index < -0.39 is 0 Å². The summed E-state index contributed by atoms with van der Waals surface area (Å²) >= 11 is 0. The Kier molecular flexibility index (Phi) is 4.26. The van der Waals surface area contributed by atoms with Gasteiger partial charge >= 0.3 is 0 Å². The monoisotopic (exact) mass is 344 g/mol. The van der Waals surface area contributed by atoms with Crippen LogP contribution in [0.25, 0.3) is 5.69 Å². The third kappa shape index (κ3) is 3.51. The molecule has 0 fully saturated rings. The number of carbonyl (C=O) groups is 1. The van der Waals surface area contributed by atoms with Crippen LogP contribution in [0.3, 0.4) is 0 Å². The first-order valence-electron chi connectivity index (χ1n) is 8.12. The number of hydrogen-bond donors (Lipinski definition) is 1. The number of tetrazole rings is 1. The molecule has 0 spiro atoms. The maximum Gasteiger partial charge on any atom is 0.255 e. The molecule has 0 radical (unpaired) electrons.